The molecule has 23 heavy (non-hydrogen) atoms. The summed E-state index contributed by atoms with van der Waals surface area (Å²) in [6.45, 7) is 0.568. The number of nitrogens with two attached hydrogens (primary N) is 2. The van der Waals surface area contributed by atoms with Crippen LogP contribution in [0.1, 0.15) is 37.7 Å². The number of nitrogens with zero attached hydrogens (tertiary/aromatic N) is 1. The second-order valence-corrected chi connectivity index (χ2v) is 6.60. The van der Waals surface area contributed by atoms with E-state index in [9.17, 15) is 4.79 Å². The van der Waals surface area contributed by atoms with Crippen LogP contribution in [0.2, 0.25) is 5.02 Å². The van der Waals surface area contributed by atoms with E-state index in [0.29, 0.717) is 36.7 Å². The van der Waals surface area contributed by atoms with Gasteiger partial charge in [0, 0.05) is 10.6 Å². The number of carbonyl (C=O) groups excluding carboxylic acids is 1. The van der Waals surface area contributed by atoms with E-state index in [4.69, 9.17) is 32.8 Å². The van der Waals surface area contributed by atoms with Crippen LogP contribution in [-0.4, -0.2) is 30.4 Å². The summed E-state index contributed by atoms with van der Waals surface area (Å²) in [5.74, 6) is 0.453. The maximum Gasteiger partial charge on any atom is 0.205 e. The van der Waals surface area contributed by atoms with Crippen LogP contribution >= 0.6 is 11.6 Å². The summed E-state index contributed by atoms with van der Waals surface area (Å²) < 4.78 is 5.81. The van der Waals surface area contributed by atoms with Gasteiger partial charge in [-0.15, -0.1) is 0 Å². The first kappa shape index (κ1) is 16.4. The number of carbonyl (C=O) groups is 1. The summed E-state index contributed by atoms with van der Waals surface area (Å²) in [6, 6.07) is 7.06. The second kappa shape index (κ2) is 6.59. The Hall–Kier alpha value is -1.43. The van der Waals surface area contributed by atoms with Gasteiger partial charge in [-0.3, -0.25) is 4.79 Å². The standard InChI is InChI=1S/C17H22ClN3O2/c18-12-6-2-1-5-11(12)17-9-3-8-14(15(17)22)23-16(21-17)13(20)7-4-10-19/h1-2,5-6,13-14H,3-4,7-10,19-20H2/t13?,14-,17-/m0/s1. The molecule has 0 aromatic heterocycles. The molecule has 1 aromatic rings. The Morgan fingerprint density at radius 3 is 2.96 bits per heavy atom. The normalized spacial score (nSPS) is 28.0. The van der Waals surface area contributed by atoms with Crippen molar-refractivity contribution in [1.29, 1.82) is 0 Å². The van der Waals surface area contributed by atoms with Crippen molar-refractivity contribution in [1.82, 2.24) is 0 Å². The lowest BCUT2D eigenvalue weighted by atomic mass is 9.73. The highest BCUT2D eigenvalue weighted by atomic mass is 35.5. The lowest BCUT2D eigenvalue weighted by molar-refractivity contribution is -0.137. The van der Waals surface area contributed by atoms with Crippen molar-refractivity contribution in [2.24, 2.45) is 16.5 Å². The third-order valence-electron chi connectivity index (χ3n) is 4.62. The molecular formula is C17H22ClN3O2. The second-order valence-electron chi connectivity index (χ2n) is 6.19. The Bertz CT molecular complexity index is 634. The largest absolute Gasteiger partial charge is 0.468 e. The zero-order valence-electron chi connectivity index (χ0n) is 13.0. The molecular weight excluding hydrogens is 314 g/mol. The van der Waals surface area contributed by atoms with Gasteiger partial charge >= 0.3 is 0 Å². The van der Waals surface area contributed by atoms with E-state index in [1.54, 1.807) is 6.07 Å². The maximum atomic E-state index is 12.9. The number of halogens is 1. The summed E-state index contributed by atoms with van der Waals surface area (Å²) >= 11 is 6.36. The van der Waals surface area contributed by atoms with Crippen molar-refractivity contribution in [2.45, 2.75) is 49.8 Å². The van der Waals surface area contributed by atoms with Gasteiger partial charge in [-0.1, -0.05) is 29.8 Å². The average Bonchev–Trinajstić information content (AvgIpc) is 2.53. The predicted molar refractivity (Wildman–Crippen MR) is 90.6 cm³/mol. The van der Waals surface area contributed by atoms with Gasteiger partial charge in [0.15, 0.2) is 11.6 Å². The number of ether oxygens (including phenoxy) is 1. The van der Waals surface area contributed by atoms with Gasteiger partial charge in [0.05, 0.1) is 6.04 Å². The van der Waals surface area contributed by atoms with Crippen LogP contribution in [0.25, 0.3) is 0 Å². The smallest absolute Gasteiger partial charge is 0.205 e. The number of rotatable bonds is 5. The third-order valence-corrected chi connectivity index (χ3v) is 4.95. The van der Waals surface area contributed by atoms with E-state index in [-0.39, 0.29) is 11.8 Å². The van der Waals surface area contributed by atoms with Gasteiger partial charge in [0.25, 0.3) is 0 Å². The molecule has 1 aliphatic carbocycles. The summed E-state index contributed by atoms with van der Waals surface area (Å²) in [7, 11) is 0. The molecule has 2 aliphatic rings. The summed E-state index contributed by atoms with van der Waals surface area (Å²) in [5.41, 5.74) is 11.6. The summed E-state index contributed by atoms with van der Waals surface area (Å²) in [5, 5.41) is 0.557. The van der Waals surface area contributed by atoms with Gasteiger partial charge in [-0.25, -0.2) is 4.99 Å². The topological polar surface area (TPSA) is 90.7 Å². The maximum absolute atomic E-state index is 12.9. The molecule has 0 amide bonds. The van der Waals surface area contributed by atoms with Crippen molar-refractivity contribution in [3.05, 3.63) is 34.9 Å². The van der Waals surface area contributed by atoms with Gasteiger partial charge < -0.3 is 16.2 Å². The monoisotopic (exact) mass is 335 g/mol. The number of hydrogen-bond acceptors (Lipinski definition) is 5. The minimum atomic E-state index is -0.949. The Kier molecular flexibility index (Phi) is 4.71. The van der Waals surface area contributed by atoms with Crippen LogP contribution < -0.4 is 11.5 Å². The number of fused-ring (bicyclic) bond motifs is 2. The Balaban J connectivity index is 2.04. The lowest BCUT2D eigenvalue weighted by Gasteiger charge is -2.42. The zero-order valence-corrected chi connectivity index (χ0v) is 13.8. The fraction of sp³-hybridized carbons (Fsp3) is 0.529. The number of aliphatic imine (C=N–C) groups is 1. The molecule has 0 radical (unpaired) electrons. The fourth-order valence-corrected chi connectivity index (χ4v) is 3.70. The van der Waals surface area contributed by atoms with Gasteiger partial charge in [-0.2, -0.15) is 0 Å². The first-order chi connectivity index (χ1) is 11.1. The number of benzene rings is 1. The molecule has 0 saturated heterocycles. The lowest BCUT2D eigenvalue weighted by Crippen LogP contribution is -2.54. The van der Waals surface area contributed by atoms with Crippen LogP contribution in [0, 0.1) is 0 Å². The Morgan fingerprint density at radius 2 is 2.22 bits per heavy atom. The molecule has 1 saturated carbocycles. The summed E-state index contributed by atoms with van der Waals surface area (Å²) in [4.78, 5) is 17.6. The highest BCUT2D eigenvalue weighted by Gasteiger charge is 2.52. The van der Waals surface area contributed by atoms with Crippen LogP contribution in [0.3, 0.4) is 0 Å². The molecule has 1 heterocycles. The molecule has 0 spiro atoms. The van der Waals surface area contributed by atoms with E-state index in [1.807, 2.05) is 18.2 Å². The van der Waals surface area contributed by atoms with Gasteiger partial charge in [0.2, 0.25) is 11.7 Å². The van der Waals surface area contributed by atoms with Crippen LogP contribution in [0.5, 0.6) is 0 Å². The number of ketones is 1. The molecule has 1 unspecified atom stereocenters. The van der Waals surface area contributed by atoms with Crippen LogP contribution in [0.15, 0.2) is 29.3 Å². The van der Waals surface area contributed by atoms with Crippen molar-refractivity contribution in [3.63, 3.8) is 0 Å². The van der Waals surface area contributed by atoms with Gasteiger partial charge in [-0.05, 0) is 44.7 Å². The van der Waals surface area contributed by atoms with E-state index in [2.05, 4.69) is 0 Å². The number of hydrogen-bond donors (Lipinski definition) is 2. The Labute approximate surface area is 141 Å². The van der Waals surface area contributed by atoms with Crippen molar-refractivity contribution < 1.29 is 9.53 Å². The van der Waals surface area contributed by atoms with E-state index in [0.717, 1.165) is 18.4 Å². The quantitative estimate of drug-likeness (QED) is 0.862. The molecule has 4 N–H and O–H groups in total. The molecule has 3 atom stereocenters. The van der Waals surface area contributed by atoms with Crippen molar-refractivity contribution in [3.8, 4) is 0 Å². The van der Waals surface area contributed by atoms with Crippen LogP contribution in [0.4, 0.5) is 0 Å². The molecule has 1 aliphatic heterocycles. The van der Waals surface area contributed by atoms with E-state index < -0.39 is 11.6 Å². The predicted octanol–water partition coefficient (Wildman–Crippen LogP) is 2.15. The molecule has 5 nitrogen and oxygen atoms in total. The minimum Gasteiger partial charge on any atom is -0.468 e. The highest BCUT2D eigenvalue weighted by Crippen LogP contribution is 2.44. The van der Waals surface area contributed by atoms with E-state index in [1.165, 1.54) is 0 Å². The first-order valence-corrected chi connectivity index (χ1v) is 8.47. The minimum absolute atomic E-state index is 0.00775. The highest BCUT2D eigenvalue weighted by molar-refractivity contribution is 6.32. The number of Topliss-reactive ketones (excluding diaryl/α,β-unsaturated/α-hetero) is 1. The zero-order chi connectivity index (χ0) is 16.4. The van der Waals surface area contributed by atoms with Crippen molar-refractivity contribution in [2.75, 3.05) is 6.54 Å². The Morgan fingerprint density at radius 1 is 1.43 bits per heavy atom. The van der Waals surface area contributed by atoms with Gasteiger partial charge in [0.1, 0.15) is 0 Å². The molecule has 2 bridgehead atoms. The SMILES string of the molecule is NCCCC(N)C1=N[C@]2(c3ccccc3Cl)CCC[C@H](O1)C2=O. The van der Waals surface area contributed by atoms with Crippen LogP contribution in [-0.2, 0) is 15.1 Å². The first-order valence-electron chi connectivity index (χ1n) is 8.10. The third kappa shape index (κ3) is 2.89. The fourth-order valence-electron chi connectivity index (χ4n) is 3.40. The molecule has 6 heteroatoms. The molecule has 1 fully saturated rings. The average molecular weight is 336 g/mol. The summed E-state index contributed by atoms with van der Waals surface area (Å²) in [6.07, 6.45) is 3.22. The molecule has 124 valence electrons. The molecule has 3 rings (SSSR count). The van der Waals surface area contributed by atoms with E-state index >= 15 is 0 Å². The molecule has 1 aromatic carbocycles. The van der Waals surface area contributed by atoms with Crippen molar-refractivity contribution >= 4 is 23.3 Å².